The Morgan fingerprint density at radius 1 is 1.50 bits per heavy atom. The summed E-state index contributed by atoms with van der Waals surface area (Å²) in [4.78, 5) is 25.2. The van der Waals surface area contributed by atoms with Crippen molar-refractivity contribution in [3.05, 3.63) is 22.8 Å². The van der Waals surface area contributed by atoms with E-state index in [0.717, 1.165) is 30.1 Å². The molecular weight excluding hydrogens is 358 g/mol. The summed E-state index contributed by atoms with van der Waals surface area (Å²) in [5, 5.41) is 18.5. The highest BCUT2D eigenvalue weighted by Crippen LogP contribution is 2.26. The molecule has 0 saturated heterocycles. The van der Waals surface area contributed by atoms with Crippen LogP contribution in [0.5, 0.6) is 5.88 Å². The molecule has 0 fully saturated rings. The Bertz CT molecular complexity index is 616. The van der Waals surface area contributed by atoms with Crippen LogP contribution in [-0.2, 0) is 9.59 Å². The van der Waals surface area contributed by atoms with Crippen LogP contribution in [-0.4, -0.2) is 70.3 Å². The minimum Gasteiger partial charge on any atom is -0.473 e. The lowest BCUT2D eigenvalue weighted by Crippen LogP contribution is -2.35. The molecule has 1 aromatic heterocycles. The van der Waals surface area contributed by atoms with Crippen molar-refractivity contribution in [2.45, 2.75) is 12.5 Å². The molecule has 24 heavy (non-hydrogen) atoms. The molecule has 3 N–H and O–H groups in total. The third kappa shape index (κ3) is 5.91. The van der Waals surface area contributed by atoms with E-state index >= 15 is 0 Å². The van der Waals surface area contributed by atoms with Gasteiger partial charge in [0.05, 0.1) is 17.1 Å². The van der Waals surface area contributed by atoms with Crippen molar-refractivity contribution >= 4 is 40.7 Å². The summed E-state index contributed by atoms with van der Waals surface area (Å²) in [7, 11) is 3.89. The number of carbonyl (C=O) groups is 2. The van der Waals surface area contributed by atoms with Gasteiger partial charge in [0, 0.05) is 13.2 Å². The van der Waals surface area contributed by atoms with Gasteiger partial charge in [0.15, 0.2) is 0 Å². The Morgan fingerprint density at radius 3 is 2.67 bits per heavy atom. The van der Waals surface area contributed by atoms with Crippen molar-refractivity contribution in [2.75, 3.05) is 27.2 Å². The summed E-state index contributed by atoms with van der Waals surface area (Å²) in [6.07, 6.45) is 2.58. The van der Waals surface area contributed by atoms with Crippen LogP contribution >= 0.6 is 23.8 Å². The molecule has 0 amide bonds. The van der Waals surface area contributed by atoms with Gasteiger partial charge >= 0.3 is 11.9 Å². The van der Waals surface area contributed by atoms with E-state index in [-0.39, 0.29) is 6.10 Å². The van der Waals surface area contributed by atoms with E-state index in [2.05, 4.69) is 10.3 Å². The number of rotatable bonds is 3. The second-order valence-electron chi connectivity index (χ2n) is 4.93. The number of thiocarbonyl (C=S) groups is 1. The van der Waals surface area contributed by atoms with Crippen LogP contribution in [0.15, 0.2) is 12.3 Å². The number of carboxylic acids is 2. The number of hydrogen-bond donors (Lipinski definition) is 3. The molecule has 0 saturated carbocycles. The smallest absolute Gasteiger partial charge is 0.414 e. The summed E-state index contributed by atoms with van der Waals surface area (Å²) < 4.78 is 5.92. The van der Waals surface area contributed by atoms with E-state index in [1.54, 1.807) is 6.20 Å². The lowest BCUT2D eigenvalue weighted by Gasteiger charge is -2.21. The van der Waals surface area contributed by atoms with E-state index < -0.39 is 11.9 Å². The number of ether oxygens (including phenoxy) is 1. The zero-order valence-electron chi connectivity index (χ0n) is 13.2. The molecule has 0 aliphatic carbocycles. The van der Waals surface area contributed by atoms with Gasteiger partial charge in [0.2, 0.25) is 5.88 Å². The van der Waals surface area contributed by atoms with Crippen molar-refractivity contribution in [1.29, 1.82) is 0 Å². The van der Waals surface area contributed by atoms with Crippen molar-refractivity contribution in [2.24, 2.45) is 0 Å². The Morgan fingerprint density at radius 2 is 2.12 bits per heavy atom. The van der Waals surface area contributed by atoms with Crippen molar-refractivity contribution < 1.29 is 24.5 Å². The van der Waals surface area contributed by atoms with Crippen molar-refractivity contribution in [3.63, 3.8) is 0 Å². The van der Waals surface area contributed by atoms with Gasteiger partial charge in [-0.25, -0.2) is 14.6 Å². The average molecular weight is 376 g/mol. The predicted molar refractivity (Wildman–Crippen MR) is 91.8 cm³/mol. The lowest BCUT2D eigenvalue weighted by atomic mass is 10.2. The monoisotopic (exact) mass is 375 g/mol. The number of aliphatic carboxylic acids is 2. The maximum absolute atomic E-state index is 9.10. The molecule has 132 valence electrons. The van der Waals surface area contributed by atoms with Crippen LogP contribution < -0.4 is 10.1 Å². The van der Waals surface area contributed by atoms with Crippen LogP contribution in [0.25, 0.3) is 0 Å². The minimum atomic E-state index is -1.82. The van der Waals surface area contributed by atoms with E-state index in [1.165, 1.54) is 0 Å². The Labute approximate surface area is 149 Å². The number of likely N-dealkylation sites (N-methyl/N-ethyl adjacent to an activating group) is 1. The second kappa shape index (κ2) is 9.36. The van der Waals surface area contributed by atoms with Gasteiger partial charge in [-0.15, -0.1) is 0 Å². The molecule has 1 aliphatic heterocycles. The predicted octanol–water partition coefficient (Wildman–Crippen LogP) is 0.868. The molecule has 1 aromatic rings. The number of nitrogens with zero attached hydrogens (tertiary/aromatic N) is 2. The molecule has 10 heteroatoms. The lowest BCUT2D eigenvalue weighted by molar-refractivity contribution is -0.159. The van der Waals surface area contributed by atoms with Crippen LogP contribution in [0.1, 0.15) is 12.0 Å². The molecular formula is C14H18ClN3O5S. The fraction of sp³-hybridized carbons (Fsp3) is 0.429. The first-order valence-electron chi connectivity index (χ1n) is 6.94. The summed E-state index contributed by atoms with van der Waals surface area (Å²) in [6.45, 7) is 1.66. The van der Waals surface area contributed by atoms with Gasteiger partial charge in [-0.05, 0) is 26.1 Å². The van der Waals surface area contributed by atoms with E-state index in [1.807, 2.05) is 25.1 Å². The Hall–Kier alpha value is -1.97. The molecule has 1 unspecified atom stereocenters. The highest BCUT2D eigenvalue weighted by molar-refractivity contribution is 7.80. The second-order valence-corrected chi connectivity index (χ2v) is 5.76. The fourth-order valence-corrected chi connectivity index (χ4v) is 2.30. The number of nitrogens with one attached hydrogen (secondary N) is 1. The van der Waals surface area contributed by atoms with Gasteiger partial charge in [0.25, 0.3) is 0 Å². The van der Waals surface area contributed by atoms with Crippen molar-refractivity contribution in [1.82, 2.24) is 15.2 Å². The molecule has 2 rings (SSSR count). The van der Waals surface area contributed by atoms with Gasteiger partial charge in [-0.2, -0.15) is 0 Å². The minimum absolute atomic E-state index is 0.0790. The Balaban J connectivity index is 0.000000413. The maximum Gasteiger partial charge on any atom is 0.414 e. The standard InChI is InChI=1S/C12H16ClN3OS.C2H2O4/c1-14-4-3-9-7-16(2)12(18)10-5-8(13)6-15-11(10)17-9;3-1(4)2(5)6/h5-6,9,14H,3-4,7H2,1-2H3;(H,3,4)(H,5,6). The summed E-state index contributed by atoms with van der Waals surface area (Å²) in [5.41, 5.74) is 0.798. The summed E-state index contributed by atoms with van der Waals surface area (Å²) >= 11 is 11.4. The highest BCUT2D eigenvalue weighted by Gasteiger charge is 2.25. The van der Waals surface area contributed by atoms with Gasteiger partial charge < -0.3 is 25.2 Å². The maximum atomic E-state index is 9.10. The van der Waals surface area contributed by atoms with Crippen LogP contribution in [0.4, 0.5) is 0 Å². The Kier molecular flexibility index (Phi) is 7.83. The van der Waals surface area contributed by atoms with Crippen LogP contribution in [0.2, 0.25) is 5.02 Å². The zero-order valence-corrected chi connectivity index (χ0v) is 14.7. The zero-order chi connectivity index (χ0) is 18.3. The molecule has 1 aliphatic rings. The quantitative estimate of drug-likeness (QED) is 0.523. The molecule has 0 aromatic carbocycles. The van der Waals surface area contributed by atoms with Crippen LogP contribution in [0.3, 0.4) is 0 Å². The first-order valence-corrected chi connectivity index (χ1v) is 7.73. The molecule has 0 radical (unpaired) electrons. The molecule has 8 nitrogen and oxygen atoms in total. The van der Waals surface area contributed by atoms with Gasteiger partial charge in [-0.3, -0.25) is 0 Å². The number of carboxylic acid groups (broad SMARTS) is 2. The normalized spacial score (nSPS) is 16.2. The van der Waals surface area contributed by atoms with Gasteiger partial charge in [0.1, 0.15) is 11.1 Å². The van der Waals surface area contributed by atoms with E-state index in [4.69, 9.17) is 48.4 Å². The molecule has 2 heterocycles. The molecule has 0 spiro atoms. The first kappa shape index (κ1) is 20.1. The number of halogens is 1. The van der Waals surface area contributed by atoms with E-state index in [0.29, 0.717) is 10.9 Å². The fourth-order valence-electron chi connectivity index (χ4n) is 1.92. The molecule has 1 atom stereocenters. The van der Waals surface area contributed by atoms with E-state index in [9.17, 15) is 0 Å². The molecule has 0 bridgehead atoms. The third-order valence-electron chi connectivity index (χ3n) is 3.05. The number of hydrogen-bond acceptors (Lipinski definition) is 6. The third-order valence-corrected chi connectivity index (χ3v) is 3.79. The number of aromatic nitrogens is 1. The summed E-state index contributed by atoms with van der Waals surface area (Å²) in [6, 6.07) is 1.81. The number of pyridine rings is 1. The average Bonchev–Trinajstić information content (AvgIpc) is 2.64. The first-order chi connectivity index (χ1) is 11.3. The summed E-state index contributed by atoms with van der Waals surface area (Å²) in [5.74, 6) is -3.07. The van der Waals surface area contributed by atoms with Crippen LogP contribution in [0, 0.1) is 0 Å². The SMILES string of the molecule is CNCCC1CN(C)C(=S)c2cc(Cl)cnc2O1.O=C(O)C(=O)O. The van der Waals surface area contributed by atoms with Gasteiger partial charge in [-0.1, -0.05) is 23.8 Å². The van der Waals surface area contributed by atoms with Crippen molar-refractivity contribution in [3.8, 4) is 5.88 Å². The number of fused-ring (bicyclic) bond motifs is 1. The topological polar surface area (TPSA) is 112 Å². The highest BCUT2D eigenvalue weighted by atomic mass is 35.5. The largest absolute Gasteiger partial charge is 0.473 e.